The van der Waals surface area contributed by atoms with Crippen molar-refractivity contribution >= 4 is 5.69 Å². The van der Waals surface area contributed by atoms with Crippen molar-refractivity contribution in [2.24, 2.45) is 0 Å². The molecule has 0 amide bonds. The van der Waals surface area contributed by atoms with Crippen LogP contribution in [0.2, 0.25) is 0 Å². The lowest BCUT2D eigenvalue weighted by Crippen LogP contribution is -2.03. The number of aliphatic hydroxyl groups excluding tert-OH is 1. The molecule has 0 unspecified atom stereocenters. The fourth-order valence-corrected chi connectivity index (χ4v) is 3.25. The van der Waals surface area contributed by atoms with Crippen LogP contribution < -0.4 is 5.32 Å². The minimum atomic E-state index is 0.227. The van der Waals surface area contributed by atoms with E-state index in [-0.39, 0.29) is 6.61 Å². The van der Waals surface area contributed by atoms with Crippen molar-refractivity contribution in [1.29, 1.82) is 0 Å². The first-order valence-electron chi connectivity index (χ1n) is 10.0. The molecule has 3 rings (SSSR count). The summed E-state index contributed by atoms with van der Waals surface area (Å²) in [7, 11) is 0. The van der Waals surface area contributed by atoms with Gasteiger partial charge in [-0.05, 0) is 60.1 Å². The zero-order valence-corrected chi connectivity index (χ0v) is 16.4. The Hall–Kier alpha value is -2.84. The molecule has 0 saturated heterocycles. The molecule has 2 nitrogen and oxygen atoms in total. The number of allylic oxidation sites excluding steroid dienone is 2. The highest BCUT2D eigenvalue weighted by atomic mass is 16.3. The highest BCUT2D eigenvalue weighted by Crippen LogP contribution is 2.16. The summed E-state index contributed by atoms with van der Waals surface area (Å²) in [5.41, 5.74) is 6.56. The van der Waals surface area contributed by atoms with Crippen LogP contribution in [0.3, 0.4) is 0 Å². The number of nitrogens with one attached hydrogen (secondary N) is 1. The molecule has 0 radical (unpaired) electrons. The summed E-state index contributed by atoms with van der Waals surface area (Å²) in [4.78, 5) is 0. The number of hydrogen-bond acceptors (Lipinski definition) is 2. The summed E-state index contributed by atoms with van der Waals surface area (Å²) < 4.78 is 0. The standard InChI is InChI=1S/C26H29NO/c28-20-8-19-27-26-17-15-22(16-18-26)9-4-5-12-24-13-6-7-14-25(24)21-23-10-2-1-3-11-23/h1-7,10-11,13-18,27-28H,8-9,12,19-21H2. The predicted octanol–water partition coefficient (Wildman–Crippen LogP) is 5.41. The number of hydrogen-bond donors (Lipinski definition) is 2. The molecule has 0 aromatic heterocycles. The summed E-state index contributed by atoms with van der Waals surface area (Å²) >= 11 is 0. The van der Waals surface area contributed by atoms with E-state index in [0.717, 1.165) is 37.9 Å². The first kappa shape index (κ1) is 19.9. The van der Waals surface area contributed by atoms with Crippen LogP contribution in [0.25, 0.3) is 0 Å². The largest absolute Gasteiger partial charge is 0.396 e. The third kappa shape index (κ3) is 6.40. The molecule has 2 heteroatoms. The maximum absolute atomic E-state index is 8.83. The first-order valence-corrected chi connectivity index (χ1v) is 10.0. The van der Waals surface area contributed by atoms with Crippen LogP contribution in [0.4, 0.5) is 5.69 Å². The van der Waals surface area contributed by atoms with Gasteiger partial charge >= 0.3 is 0 Å². The van der Waals surface area contributed by atoms with E-state index in [9.17, 15) is 0 Å². The molecule has 0 bridgehead atoms. The summed E-state index contributed by atoms with van der Waals surface area (Å²) in [5.74, 6) is 0. The molecule has 28 heavy (non-hydrogen) atoms. The Morgan fingerprint density at radius 2 is 1.36 bits per heavy atom. The summed E-state index contributed by atoms with van der Waals surface area (Å²) in [6.45, 7) is 1.03. The van der Waals surface area contributed by atoms with E-state index in [2.05, 4.69) is 96.3 Å². The van der Waals surface area contributed by atoms with E-state index in [1.165, 1.54) is 22.3 Å². The van der Waals surface area contributed by atoms with E-state index in [1.807, 2.05) is 0 Å². The second-order valence-corrected chi connectivity index (χ2v) is 7.01. The fraction of sp³-hybridized carbons (Fsp3) is 0.231. The lowest BCUT2D eigenvalue weighted by Gasteiger charge is -2.08. The highest BCUT2D eigenvalue weighted by Gasteiger charge is 2.01. The Morgan fingerprint density at radius 3 is 2.11 bits per heavy atom. The summed E-state index contributed by atoms with van der Waals surface area (Å²) in [5, 5.41) is 12.1. The van der Waals surface area contributed by atoms with Crippen LogP contribution in [-0.2, 0) is 19.3 Å². The van der Waals surface area contributed by atoms with Gasteiger partial charge in [-0.1, -0.05) is 78.9 Å². The Bertz CT molecular complexity index is 853. The highest BCUT2D eigenvalue weighted by molar-refractivity contribution is 5.44. The molecule has 0 fully saturated rings. The molecule has 144 valence electrons. The molecule has 0 saturated carbocycles. The number of aliphatic hydroxyl groups is 1. The van der Waals surface area contributed by atoms with Gasteiger partial charge in [-0.25, -0.2) is 0 Å². The minimum Gasteiger partial charge on any atom is -0.396 e. The SMILES string of the molecule is OCCCNc1ccc(CC=CCc2ccccc2Cc2ccccc2)cc1. The van der Waals surface area contributed by atoms with Gasteiger partial charge in [0.2, 0.25) is 0 Å². The van der Waals surface area contributed by atoms with E-state index < -0.39 is 0 Å². The van der Waals surface area contributed by atoms with Gasteiger partial charge in [-0.15, -0.1) is 0 Å². The number of benzene rings is 3. The predicted molar refractivity (Wildman–Crippen MR) is 119 cm³/mol. The lowest BCUT2D eigenvalue weighted by atomic mass is 9.97. The molecule has 0 atom stereocenters. The molecule has 2 N–H and O–H groups in total. The van der Waals surface area contributed by atoms with Crippen molar-refractivity contribution in [3.05, 3.63) is 113 Å². The van der Waals surface area contributed by atoms with Gasteiger partial charge in [0.15, 0.2) is 0 Å². The van der Waals surface area contributed by atoms with Gasteiger partial charge in [-0.2, -0.15) is 0 Å². The van der Waals surface area contributed by atoms with Gasteiger partial charge in [0, 0.05) is 18.8 Å². The average Bonchev–Trinajstić information content (AvgIpc) is 2.74. The van der Waals surface area contributed by atoms with Gasteiger partial charge < -0.3 is 10.4 Å². The first-order chi connectivity index (χ1) is 13.8. The average molecular weight is 372 g/mol. The molecule has 3 aromatic carbocycles. The molecule has 0 aliphatic heterocycles. The smallest absolute Gasteiger partial charge is 0.0447 e. The Labute approximate surface area is 168 Å². The normalized spacial score (nSPS) is 11.0. The number of rotatable bonds is 10. The Kier molecular flexibility index (Phi) is 7.90. The van der Waals surface area contributed by atoms with Crippen LogP contribution in [-0.4, -0.2) is 18.3 Å². The van der Waals surface area contributed by atoms with E-state index in [1.54, 1.807) is 0 Å². The fourth-order valence-electron chi connectivity index (χ4n) is 3.25. The zero-order valence-electron chi connectivity index (χ0n) is 16.4. The van der Waals surface area contributed by atoms with Gasteiger partial charge in [0.1, 0.15) is 0 Å². The Morgan fingerprint density at radius 1 is 0.679 bits per heavy atom. The molecule has 0 heterocycles. The van der Waals surface area contributed by atoms with Gasteiger partial charge in [-0.3, -0.25) is 0 Å². The maximum atomic E-state index is 8.83. The van der Waals surface area contributed by atoms with Crippen LogP contribution in [0.1, 0.15) is 28.7 Å². The van der Waals surface area contributed by atoms with E-state index in [4.69, 9.17) is 5.11 Å². The van der Waals surface area contributed by atoms with Crippen LogP contribution >= 0.6 is 0 Å². The van der Waals surface area contributed by atoms with Crippen molar-refractivity contribution < 1.29 is 5.11 Å². The third-order valence-electron chi connectivity index (χ3n) is 4.83. The minimum absolute atomic E-state index is 0.227. The van der Waals surface area contributed by atoms with E-state index >= 15 is 0 Å². The molecule has 0 aliphatic carbocycles. The van der Waals surface area contributed by atoms with Crippen molar-refractivity contribution in [2.75, 3.05) is 18.5 Å². The van der Waals surface area contributed by atoms with Crippen LogP contribution in [0, 0.1) is 0 Å². The monoisotopic (exact) mass is 371 g/mol. The molecular weight excluding hydrogens is 342 g/mol. The number of anilines is 1. The topological polar surface area (TPSA) is 32.3 Å². The van der Waals surface area contributed by atoms with Gasteiger partial charge in [0.25, 0.3) is 0 Å². The van der Waals surface area contributed by atoms with Crippen molar-refractivity contribution in [3.63, 3.8) is 0 Å². The summed E-state index contributed by atoms with van der Waals surface area (Å²) in [6, 6.07) is 27.9. The molecule has 3 aromatic rings. The lowest BCUT2D eigenvalue weighted by molar-refractivity contribution is 0.292. The van der Waals surface area contributed by atoms with Crippen molar-refractivity contribution in [2.45, 2.75) is 25.7 Å². The quantitative estimate of drug-likeness (QED) is 0.369. The summed E-state index contributed by atoms with van der Waals surface area (Å²) in [6.07, 6.45) is 8.19. The molecule has 0 aliphatic rings. The van der Waals surface area contributed by atoms with Crippen molar-refractivity contribution in [1.82, 2.24) is 0 Å². The third-order valence-corrected chi connectivity index (χ3v) is 4.83. The molecular formula is C26H29NO. The Balaban J connectivity index is 1.52. The van der Waals surface area contributed by atoms with Crippen LogP contribution in [0.15, 0.2) is 91.0 Å². The second kappa shape index (κ2) is 11.1. The van der Waals surface area contributed by atoms with Crippen molar-refractivity contribution in [3.8, 4) is 0 Å². The van der Waals surface area contributed by atoms with Gasteiger partial charge in [0.05, 0.1) is 0 Å². The van der Waals surface area contributed by atoms with Crippen LogP contribution in [0.5, 0.6) is 0 Å². The maximum Gasteiger partial charge on any atom is 0.0447 e. The second-order valence-electron chi connectivity index (χ2n) is 7.01. The van der Waals surface area contributed by atoms with E-state index in [0.29, 0.717) is 0 Å². The zero-order chi connectivity index (χ0) is 19.4. The molecule has 0 spiro atoms.